The van der Waals surface area contributed by atoms with Gasteiger partial charge in [-0.15, -0.1) is 0 Å². The van der Waals surface area contributed by atoms with Gasteiger partial charge in [0.25, 0.3) is 5.91 Å². The number of esters is 1. The number of rotatable bonds is 3. The molecule has 120 valence electrons. The van der Waals surface area contributed by atoms with E-state index in [0.29, 0.717) is 33.6 Å². The molecule has 0 aromatic heterocycles. The molecule has 4 N–H and O–H groups in total. The van der Waals surface area contributed by atoms with Gasteiger partial charge in [0.2, 0.25) is 0 Å². The number of nitrogen functional groups attached to an aromatic ring is 1. The standard InChI is InChI=1S/C18H15N3O3/c1-24-18(23)13-4-2-3-12-14(17(22)21-16(12)13)7-10-5-6-11(9-19)15(20)8-10/h2-9,19H,20H2,1H3,(H,21,22)/b14-7+,19-9?. The van der Waals surface area contributed by atoms with Gasteiger partial charge in [0, 0.05) is 28.6 Å². The van der Waals surface area contributed by atoms with Gasteiger partial charge in [0.05, 0.1) is 18.4 Å². The summed E-state index contributed by atoms with van der Waals surface area (Å²) in [6.45, 7) is 0. The Kier molecular flexibility index (Phi) is 3.87. The monoisotopic (exact) mass is 321 g/mol. The van der Waals surface area contributed by atoms with Crippen molar-refractivity contribution < 1.29 is 14.3 Å². The molecule has 0 atom stereocenters. The Bertz CT molecular complexity index is 900. The predicted molar refractivity (Wildman–Crippen MR) is 93.0 cm³/mol. The number of nitrogens with two attached hydrogens (primary N) is 1. The van der Waals surface area contributed by atoms with E-state index in [1.54, 1.807) is 42.5 Å². The Morgan fingerprint density at radius 2 is 2.08 bits per heavy atom. The molecule has 0 unspecified atom stereocenters. The summed E-state index contributed by atoms with van der Waals surface area (Å²) in [5, 5.41) is 9.97. The summed E-state index contributed by atoms with van der Waals surface area (Å²) < 4.78 is 4.74. The van der Waals surface area contributed by atoms with Crippen LogP contribution in [0.15, 0.2) is 36.4 Å². The Balaban J connectivity index is 2.09. The van der Waals surface area contributed by atoms with Crippen molar-refractivity contribution in [3.63, 3.8) is 0 Å². The third-order valence-electron chi connectivity index (χ3n) is 3.82. The highest BCUT2D eigenvalue weighted by Gasteiger charge is 2.28. The topological polar surface area (TPSA) is 105 Å². The third-order valence-corrected chi connectivity index (χ3v) is 3.82. The summed E-state index contributed by atoms with van der Waals surface area (Å²) in [4.78, 5) is 24.1. The van der Waals surface area contributed by atoms with Gasteiger partial charge in [-0.05, 0) is 23.8 Å². The summed E-state index contributed by atoms with van der Waals surface area (Å²) >= 11 is 0. The molecule has 1 heterocycles. The van der Waals surface area contributed by atoms with E-state index >= 15 is 0 Å². The maximum Gasteiger partial charge on any atom is 0.339 e. The van der Waals surface area contributed by atoms with Gasteiger partial charge in [-0.2, -0.15) is 0 Å². The average molecular weight is 321 g/mol. The molecule has 1 aliphatic rings. The van der Waals surface area contributed by atoms with Crippen LogP contribution in [0.1, 0.15) is 27.0 Å². The number of benzene rings is 2. The van der Waals surface area contributed by atoms with Crippen LogP contribution in [0.2, 0.25) is 0 Å². The highest BCUT2D eigenvalue weighted by atomic mass is 16.5. The molecular formula is C18H15N3O3. The van der Waals surface area contributed by atoms with Crippen molar-refractivity contribution in [1.29, 1.82) is 5.41 Å². The summed E-state index contributed by atoms with van der Waals surface area (Å²) in [5.74, 6) is -0.802. The molecule has 0 fully saturated rings. The van der Waals surface area contributed by atoms with Crippen LogP contribution in [0.4, 0.5) is 11.4 Å². The number of hydrogen-bond acceptors (Lipinski definition) is 5. The van der Waals surface area contributed by atoms with Crippen LogP contribution >= 0.6 is 0 Å². The fourth-order valence-electron chi connectivity index (χ4n) is 2.62. The highest BCUT2D eigenvalue weighted by Crippen LogP contribution is 2.36. The number of ether oxygens (including phenoxy) is 1. The van der Waals surface area contributed by atoms with Crippen molar-refractivity contribution in [2.45, 2.75) is 0 Å². The molecule has 2 aromatic carbocycles. The zero-order valence-corrected chi connectivity index (χ0v) is 12.9. The Morgan fingerprint density at radius 1 is 1.29 bits per heavy atom. The summed E-state index contributed by atoms with van der Waals surface area (Å²) in [6, 6.07) is 10.3. The first-order chi connectivity index (χ1) is 11.5. The van der Waals surface area contributed by atoms with Gasteiger partial charge in [-0.1, -0.05) is 24.3 Å². The molecule has 24 heavy (non-hydrogen) atoms. The van der Waals surface area contributed by atoms with Crippen LogP contribution in [0.5, 0.6) is 0 Å². The smallest absolute Gasteiger partial charge is 0.339 e. The maximum absolute atomic E-state index is 12.3. The summed E-state index contributed by atoms with van der Waals surface area (Å²) in [6.07, 6.45) is 2.87. The first-order valence-electron chi connectivity index (χ1n) is 7.20. The summed E-state index contributed by atoms with van der Waals surface area (Å²) in [7, 11) is 1.29. The van der Waals surface area contributed by atoms with Gasteiger partial charge >= 0.3 is 5.97 Å². The molecule has 0 spiro atoms. The molecule has 0 aliphatic carbocycles. The van der Waals surface area contributed by atoms with Crippen LogP contribution in [0.3, 0.4) is 0 Å². The van der Waals surface area contributed by atoms with E-state index in [-0.39, 0.29) is 5.91 Å². The van der Waals surface area contributed by atoms with Crippen LogP contribution < -0.4 is 11.1 Å². The molecule has 1 aliphatic heterocycles. The molecule has 0 saturated carbocycles. The van der Waals surface area contributed by atoms with E-state index < -0.39 is 5.97 Å². The molecule has 6 heteroatoms. The molecule has 3 rings (SSSR count). The first kappa shape index (κ1) is 15.5. The second-order valence-electron chi connectivity index (χ2n) is 5.26. The van der Waals surface area contributed by atoms with E-state index in [2.05, 4.69) is 5.32 Å². The lowest BCUT2D eigenvalue weighted by Gasteiger charge is -2.05. The van der Waals surface area contributed by atoms with Gasteiger partial charge in [0.1, 0.15) is 0 Å². The lowest BCUT2D eigenvalue weighted by Crippen LogP contribution is -2.08. The third kappa shape index (κ3) is 2.54. The van der Waals surface area contributed by atoms with Crippen LogP contribution in [0.25, 0.3) is 11.6 Å². The molecular weight excluding hydrogens is 306 g/mol. The Morgan fingerprint density at radius 3 is 2.75 bits per heavy atom. The number of fused-ring (bicyclic) bond motifs is 1. The van der Waals surface area contributed by atoms with E-state index in [1.165, 1.54) is 13.3 Å². The minimum atomic E-state index is -0.506. The largest absolute Gasteiger partial charge is 0.465 e. The van der Waals surface area contributed by atoms with Crippen molar-refractivity contribution in [2.24, 2.45) is 0 Å². The summed E-state index contributed by atoms with van der Waals surface area (Å²) in [5.41, 5.74) is 9.52. The van der Waals surface area contributed by atoms with Crippen molar-refractivity contribution in [3.05, 3.63) is 58.7 Å². The Labute approximate surface area is 138 Å². The second-order valence-corrected chi connectivity index (χ2v) is 5.26. The lowest BCUT2D eigenvalue weighted by molar-refractivity contribution is -0.110. The van der Waals surface area contributed by atoms with E-state index in [0.717, 1.165) is 5.56 Å². The first-order valence-corrected chi connectivity index (χ1v) is 7.20. The fourth-order valence-corrected chi connectivity index (χ4v) is 2.62. The van der Waals surface area contributed by atoms with Gasteiger partial charge in [-0.25, -0.2) is 4.79 Å². The van der Waals surface area contributed by atoms with Crippen molar-refractivity contribution in [2.75, 3.05) is 18.2 Å². The Hall–Kier alpha value is -3.41. The van der Waals surface area contributed by atoms with Crippen LogP contribution in [0, 0.1) is 5.41 Å². The second kappa shape index (κ2) is 6.00. The fraction of sp³-hybridized carbons (Fsp3) is 0.0556. The minimum absolute atomic E-state index is 0.295. The molecule has 6 nitrogen and oxygen atoms in total. The predicted octanol–water partition coefficient (Wildman–Crippen LogP) is 2.55. The number of nitrogens with one attached hydrogen (secondary N) is 2. The van der Waals surface area contributed by atoms with E-state index in [1.807, 2.05) is 0 Å². The lowest BCUT2D eigenvalue weighted by atomic mass is 10.0. The van der Waals surface area contributed by atoms with Gasteiger partial charge in [0.15, 0.2) is 0 Å². The zero-order chi connectivity index (χ0) is 17.3. The van der Waals surface area contributed by atoms with Crippen molar-refractivity contribution >= 4 is 41.1 Å². The number of carbonyl (C=O) groups is 2. The molecule has 0 bridgehead atoms. The molecule has 0 saturated heterocycles. The van der Waals surface area contributed by atoms with Gasteiger partial charge in [-0.3, -0.25) is 4.79 Å². The number of anilines is 2. The number of carbonyl (C=O) groups excluding carboxylic acids is 2. The normalized spacial score (nSPS) is 14.2. The van der Waals surface area contributed by atoms with E-state index in [9.17, 15) is 9.59 Å². The quantitative estimate of drug-likeness (QED) is 0.349. The number of para-hydroxylation sites is 1. The van der Waals surface area contributed by atoms with Crippen LogP contribution in [-0.4, -0.2) is 25.2 Å². The maximum atomic E-state index is 12.3. The van der Waals surface area contributed by atoms with Gasteiger partial charge < -0.3 is 21.2 Å². The highest BCUT2D eigenvalue weighted by molar-refractivity contribution is 6.36. The number of methoxy groups -OCH3 is 1. The number of amides is 1. The number of hydrogen-bond donors (Lipinski definition) is 3. The SMILES string of the molecule is COC(=O)c1cccc2c1NC(=O)/C2=C/c1ccc(C=N)c(N)c1. The molecule has 2 aromatic rings. The van der Waals surface area contributed by atoms with Crippen molar-refractivity contribution in [1.82, 2.24) is 0 Å². The van der Waals surface area contributed by atoms with Crippen LogP contribution in [-0.2, 0) is 9.53 Å². The average Bonchev–Trinajstić information content (AvgIpc) is 2.90. The van der Waals surface area contributed by atoms with E-state index in [4.69, 9.17) is 15.9 Å². The molecule has 1 amide bonds. The van der Waals surface area contributed by atoms with Crippen molar-refractivity contribution in [3.8, 4) is 0 Å². The molecule has 0 radical (unpaired) electrons. The minimum Gasteiger partial charge on any atom is -0.465 e. The zero-order valence-electron chi connectivity index (χ0n) is 12.9.